The summed E-state index contributed by atoms with van der Waals surface area (Å²) >= 11 is 0. The third-order valence-corrected chi connectivity index (χ3v) is 3.06. The van der Waals surface area contributed by atoms with Crippen molar-refractivity contribution in [1.82, 2.24) is 5.32 Å². The molecule has 19 heavy (non-hydrogen) atoms. The maximum atomic E-state index is 11.3. The van der Waals surface area contributed by atoms with Crippen molar-refractivity contribution in [2.75, 3.05) is 13.2 Å². The van der Waals surface area contributed by atoms with Gasteiger partial charge in [-0.1, -0.05) is 12.1 Å². The Bertz CT molecular complexity index is 484. The molecule has 1 amide bonds. The zero-order valence-corrected chi connectivity index (χ0v) is 10.6. The van der Waals surface area contributed by atoms with Gasteiger partial charge in [0.05, 0.1) is 13.0 Å². The number of carboxylic acid groups (broad SMARTS) is 1. The maximum Gasteiger partial charge on any atom is 0.303 e. The van der Waals surface area contributed by atoms with Crippen LogP contribution >= 0.6 is 0 Å². The summed E-state index contributed by atoms with van der Waals surface area (Å²) in [7, 11) is 0. The summed E-state index contributed by atoms with van der Waals surface area (Å²) in [6, 6.07) is 6.06. The molecule has 5 heteroatoms. The number of benzene rings is 1. The highest BCUT2D eigenvalue weighted by Gasteiger charge is 2.12. The monoisotopic (exact) mass is 263 g/mol. The highest BCUT2D eigenvalue weighted by atomic mass is 16.5. The molecule has 0 saturated heterocycles. The first-order valence-electron chi connectivity index (χ1n) is 6.38. The molecule has 0 fully saturated rings. The number of nitrogens with one attached hydrogen (secondary N) is 1. The molecule has 0 spiro atoms. The fraction of sp³-hybridized carbons (Fsp3) is 0.429. The largest absolute Gasteiger partial charge is 0.493 e. The Labute approximate surface area is 111 Å². The fourth-order valence-corrected chi connectivity index (χ4v) is 2.05. The molecule has 0 aromatic heterocycles. The van der Waals surface area contributed by atoms with Crippen molar-refractivity contribution in [3.05, 3.63) is 29.3 Å². The van der Waals surface area contributed by atoms with E-state index in [2.05, 4.69) is 11.4 Å². The second kappa shape index (κ2) is 6.22. The molecule has 0 saturated carbocycles. The summed E-state index contributed by atoms with van der Waals surface area (Å²) in [5, 5.41) is 11.2. The minimum atomic E-state index is -0.950. The molecule has 1 aliphatic heterocycles. The summed E-state index contributed by atoms with van der Waals surface area (Å²) in [5.74, 6) is -0.213. The van der Waals surface area contributed by atoms with Crippen LogP contribution in [0.3, 0.4) is 0 Å². The van der Waals surface area contributed by atoms with Crippen molar-refractivity contribution in [1.29, 1.82) is 0 Å². The molecular formula is C14H17NO4. The van der Waals surface area contributed by atoms with Gasteiger partial charge >= 0.3 is 5.97 Å². The average molecular weight is 263 g/mol. The number of hydrogen-bond donors (Lipinski definition) is 2. The zero-order valence-electron chi connectivity index (χ0n) is 10.6. The maximum absolute atomic E-state index is 11.3. The number of fused-ring (bicyclic) bond motifs is 1. The number of carbonyl (C=O) groups excluding carboxylic acids is 1. The van der Waals surface area contributed by atoms with Crippen molar-refractivity contribution in [3.8, 4) is 5.75 Å². The van der Waals surface area contributed by atoms with E-state index >= 15 is 0 Å². The van der Waals surface area contributed by atoms with Gasteiger partial charge in [-0.15, -0.1) is 0 Å². The van der Waals surface area contributed by atoms with Crippen LogP contribution in [0.4, 0.5) is 0 Å². The summed E-state index contributed by atoms with van der Waals surface area (Å²) in [6.07, 6.45) is 1.59. The van der Waals surface area contributed by atoms with Crippen molar-refractivity contribution in [2.45, 2.75) is 25.7 Å². The van der Waals surface area contributed by atoms with Crippen LogP contribution in [0.25, 0.3) is 0 Å². The third kappa shape index (κ3) is 3.98. The molecule has 1 heterocycles. The second-order valence-electron chi connectivity index (χ2n) is 4.53. The molecule has 102 valence electrons. The Morgan fingerprint density at radius 3 is 2.95 bits per heavy atom. The Hall–Kier alpha value is -2.04. The molecule has 0 unspecified atom stereocenters. The molecule has 1 aromatic carbocycles. The van der Waals surface area contributed by atoms with Crippen molar-refractivity contribution >= 4 is 11.9 Å². The first kappa shape index (κ1) is 13.4. The highest BCUT2D eigenvalue weighted by Crippen LogP contribution is 2.25. The number of aliphatic carboxylic acids is 1. The quantitative estimate of drug-likeness (QED) is 0.807. The van der Waals surface area contributed by atoms with Crippen molar-refractivity contribution in [2.24, 2.45) is 0 Å². The van der Waals surface area contributed by atoms with E-state index in [1.165, 1.54) is 5.56 Å². The Balaban J connectivity index is 1.74. The van der Waals surface area contributed by atoms with Gasteiger partial charge in [0.25, 0.3) is 0 Å². The predicted octanol–water partition coefficient (Wildman–Crippen LogP) is 1.14. The van der Waals surface area contributed by atoms with Crippen LogP contribution in [0.5, 0.6) is 5.75 Å². The number of carboxylic acids is 1. The Kier molecular flexibility index (Phi) is 4.39. The molecule has 5 nitrogen and oxygen atoms in total. The van der Waals surface area contributed by atoms with E-state index in [4.69, 9.17) is 9.84 Å². The van der Waals surface area contributed by atoms with Crippen LogP contribution in [0.2, 0.25) is 0 Å². The van der Waals surface area contributed by atoms with Gasteiger partial charge in [0.2, 0.25) is 5.91 Å². The van der Waals surface area contributed by atoms with E-state index in [9.17, 15) is 9.59 Å². The summed E-state index contributed by atoms with van der Waals surface area (Å²) in [4.78, 5) is 21.6. The van der Waals surface area contributed by atoms with Crippen LogP contribution in [-0.4, -0.2) is 30.1 Å². The van der Waals surface area contributed by atoms with E-state index in [-0.39, 0.29) is 18.7 Å². The minimum absolute atomic E-state index is 0.0351. The first-order chi connectivity index (χ1) is 9.15. The van der Waals surface area contributed by atoms with Crippen LogP contribution in [0, 0.1) is 0 Å². The van der Waals surface area contributed by atoms with Gasteiger partial charge in [-0.2, -0.15) is 0 Å². The molecule has 1 aromatic rings. The standard InChI is InChI=1S/C14H17NO4/c16-13(3-4-14(17)18)15-7-5-10-1-2-12-11(9-10)6-8-19-12/h1-2,9H,3-8H2,(H,15,16)(H,17,18). The second-order valence-corrected chi connectivity index (χ2v) is 4.53. The number of amides is 1. The van der Waals surface area contributed by atoms with E-state index < -0.39 is 5.97 Å². The summed E-state index contributed by atoms with van der Waals surface area (Å²) in [5.41, 5.74) is 2.37. The minimum Gasteiger partial charge on any atom is -0.493 e. The molecule has 2 rings (SSSR count). The zero-order chi connectivity index (χ0) is 13.7. The van der Waals surface area contributed by atoms with Gasteiger partial charge in [-0.25, -0.2) is 0 Å². The number of carbonyl (C=O) groups is 2. The molecule has 0 atom stereocenters. The SMILES string of the molecule is O=C(O)CCC(=O)NCCc1ccc2c(c1)CCO2. The fourth-order valence-electron chi connectivity index (χ4n) is 2.05. The van der Waals surface area contributed by atoms with E-state index in [1.807, 2.05) is 12.1 Å². The van der Waals surface area contributed by atoms with E-state index in [1.54, 1.807) is 0 Å². The Morgan fingerprint density at radius 2 is 2.16 bits per heavy atom. The summed E-state index contributed by atoms with van der Waals surface area (Å²) < 4.78 is 5.43. The number of hydrogen-bond acceptors (Lipinski definition) is 3. The first-order valence-corrected chi connectivity index (χ1v) is 6.38. The van der Waals surface area contributed by atoms with E-state index in [0.717, 1.165) is 30.8 Å². The third-order valence-electron chi connectivity index (χ3n) is 3.06. The summed E-state index contributed by atoms with van der Waals surface area (Å²) in [6.45, 7) is 1.27. The van der Waals surface area contributed by atoms with Crippen LogP contribution in [0.1, 0.15) is 24.0 Å². The smallest absolute Gasteiger partial charge is 0.303 e. The number of rotatable bonds is 6. The lowest BCUT2D eigenvalue weighted by molar-refractivity contribution is -0.138. The van der Waals surface area contributed by atoms with E-state index in [0.29, 0.717) is 6.54 Å². The molecule has 0 aliphatic carbocycles. The van der Waals surface area contributed by atoms with Crippen molar-refractivity contribution in [3.63, 3.8) is 0 Å². The topological polar surface area (TPSA) is 75.6 Å². The molecule has 0 bridgehead atoms. The van der Waals surface area contributed by atoms with Gasteiger partial charge < -0.3 is 15.2 Å². The van der Waals surface area contributed by atoms with Crippen LogP contribution in [-0.2, 0) is 22.4 Å². The van der Waals surface area contributed by atoms with Gasteiger partial charge in [0.1, 0.15) is 5.75 Å². The normalized spacial score (nSPS) is 12.6. The molecule has 0 radical (unpaired) electrons. The molecule has 2 N–H and O–H groups in total. The van der Waals surface area contributed by atoms with Crippen LogP contribution < -0.4 is 10.1 Å². The van der Waals surface area contributed by atoms with Gasteiger partial charge in [-0.05, 0) is 23.6 Å². The predicted molar refractivity (Wildman–Crippen MR) is 69.2 cm³/mol. The Morgan fingerprint density at radius 1 is 1.32 bits per heavy atom. The average Bonchev–Trinajstić information content (AvgIpc) is 2.83. The lowest BCUT2D eigenvalue weighted by Gasteiger charge is -2.06. The lowest BCUT2D eigenvalue weighted by Crippen LogP contribution is -2.26. The molecule has 1 aliphatic rings. The lowest BCUT2D eigenvalue weighted by atomic mass is 10.1. The molecular weight excluding hydrogens is 246 g/mol. The van der Waals surface area contributed by atoms with Crippen LogP contribution in [0.15, 0.2) is 18.2 Å². The van der Waals surface area contributed by atoms with Crippen molar-refractivity contribution < 1.29 is 19.4 Å². The van der Waals surface area contributed by atoms with Gasteiger partial charge in [-0.3, -0.25) is 9.59 Å². The van der Waals surface area contributed by atoms with Gasteiger partial charge in [0.15, 0.2) is 0 Å². The number of ether oxygens (including phenoxy) is 1. The highest BCUT2D eigenvalue weighted by molar-refractivity contribution is 5.80. The van der Waals surface area contributed by atoms with Gasteiger partial charge in [0, 0.05) is 19.4 Å².